The van der Waals surface area contributed by atoms with E-state index in [1.807, 2.05) is 30.3 Å². The second-order valence-electron chi connectivity index (χ2n) is 9.48. The summed E-state index contributed by atoms with van der Waals surface area (Å²) in [6.07, 6.45) is 4.01. The summed E-state index contributed by atoms with van der Waals surface area (Å²) in [6.45, 7) is 5.53. The molecule has 0 unspecified atom stereocenters. The van der Waals surface area contributed by atoms with E-state index in [1.54, 1.807) is 62.2 Å². The predicted octanol–water partition coefficient (Wildman–Crippen LogP) is 7.00. The zero-order valence-electron chi connectivity index (χ0n) is 22.6. The van der Waals surface area contributed by atoms with E-state index in [0.717, 1.165) is 23.5 Å². The number of carbonyl (C=O) groups is 3. The van der Waals surface area contributed by atoms with E-state index in [2.05, 4.69) is 6.58 Å². The first-order valence-corrected chi connectivity index (χ1v) is 14.1. The minimum atomic E-state index is -0.541. The van der Waals surface area contributed by atoms with Crippen LogP contribution in [0.3, 0.4) is 0 Å². The standard InChI is InChI=1S/C32H32O7S/c1-21(2)30(33)37-18-4-5-19-40-29-17-12-25(20-28(29)36-3)32(35)39-27-15-10-24(11-16-27)31(34)38-26-13-8-23(9-14-26)22-6-7-22/h8-17,20,22H,1,4-7,18-19H2,2-3H3. The lowest BCUT2D eigenvalue weighted by molar-refractivity contribution is -0.139. The van der Waals surface area contributed by atoms with Crippen LogP contribution in [0.2, 0.25) is 0 Å². The smallest absolute Gasteiger partial charge is 0.343 e. The van der Waals surface area contributed by atoms with Gasteiger partial charge in [-0.25, -0.2) is 14.4 Å². The molecule has 0 saturated heterocycles. The predicted molar refractivity (Wildman–Crippen MR) is 154 cm³/mol. The summed E-state index contributed by atoms with van der Waals surface area (Å²) in [7, 11) is 1.55. The molecule has 0 spiro atoms. The number of thioether (sulfide) groups is 1. The van der Waals surface area contributed by atoms with Crippen LogP contribution in [0.1, 0.15) is 64.8 Å². The second kappa shape index (κ2) is 13.8. The van der Waals surface area contributed by atoms with Gasteiger partial charge < -0.3 is 18.9 Å². The lowest BCUT2D eigenvalue weighted by atomic mass is 10.1. The molecule has 8 heteroatoms. The summed E-state index contributed by atoms with van der Waals surface area (Å²) in [6, 6.07) is 19.0. The molecule has 7 nitrogen and oxygen atoms in total. The van der Waals surface area contributed by atoms with Gasteiger partial charge in [-0.3, -0.25) is 0 Å². The fraction of sp³-hybridized carbons (Fsp3) is 0.281. The van der Waals surface area contributed by atoms with Crippen LogP contribution in [0.25, 0.3) is 0 Å². The van der Waals surface area contributed by atoms with E-state index in [9.17, 15) is 14.4 Å². The average molecular weight is 561 g/mol. The van der Waals surface area contributed by atoms with Crippen LogP contribution in [-0.2, 0) is 9.53 Å². The number of unbranched alkanes of at least 4 members (excludes halogenated alkanes) is 1. The van der Waals surface area contributed by atoms with Crippen LogP contribution in [0.4, 0.5) is 0 Å². The summed E-state index contributed by atoms with van der Waals surface area (Å²) in [5, 5.41) is 0. The SMILES string of the molecule is C=C(C)C(=O)OCCCCSc1ccc(C(=O)Oc2ccc(C(=O)Oc3ccc(C4CC4)cc3)cc2)cc1OC. The Bertz CT molecular complexity index is 1360. The van der Waals surface area contributed by atoms with E-state index in [4.69, 9.17) is 18.9 Å². The molecule has 208 valence electrons. The Morgan fingerprint density at radius 2 is 1.45 bits per heavy atom. The number of benzene rings is 3. The number of carbonyl (C=O) groups excluding carboxylic acids is 3. The molecule has 0 atom stereocenters. The van der Waals surface area contributed by atoms with E-state index in [1.165, 1.54) is 18.4 Å². The molecule has 1 aliphatic rings. The Balaban J connectivity index is 1.26. The minimum absolute atomic E-state index is 0.306. The highest BCUT2D eigenvalue weighted by molar-refractivity contribution is 7.99. The molecule has 1 saturated carbocycles. The quantitative estimate of drug-likeness (QED) is 0.0726. The number of rotatable bonds is 13. The number of hydrogen-bond acceptors (Lipinski definition) is 8. The summed E-state index contributed by atoms with van der Waals surface area (Å²) in [5.74, 6) is 1.40. The molecular formula is C32H32O7S. The number of methoxy groups -OCH3 is 1. The van der Waals surface area contributed by atoms with Gasteiger partial charge in [0.2, 0.25) is 0 Å². The number of hydrogen-bond donors (Lipinski definition) is 0. The van der Waals surface area contributed by atoms with Crippen LogP contribution >= 0.6 is 11.8 Å². The van der Waals surface area contributed by atoms with E-state index in [-0.39, 0.29) is 5.97 Å². The third-order valence-electron chi connectivity index (χ3n) is 6.22. The molecule has 0 N–H and O–H groups in total. The van der Waals surface area contributed by atoms with E-state index < -0.39 is 11.9 Å². The lowest BCUT2D eigenvalue weighted by Gasteiger charge is -2.11. The van der Waals surface area contributed by atoms with Crippen LogP contribution < -0.4 is 14.2 Å². The first-order valence-electron chi connectivity index (χ1n) is 13.1. The Morgan fingerprint density at radius 1 is 0.850 bits per heavy atom. The topological polar surface area (TPSA) is 88.1 Å². The van der Waals surface area contributed by atoms with Crippen LogP contribution in [0.5, 0.6) is 17.2 Å². The van der Waals surface area contributed by atoms with Crippen molar-refractivity contribution in [3.05, 3.63) is 95.6 Å². The molecule has 40 heavy (non-hydrogen) atoms. The molecule has 1 fully saturated rings. The monoisotopic (exact) mass is 560 g/mol. The van der Waals surface area contributed by atoms with Crippen molar-refractivity contribution in [2.75, 3.05) is 19.5 Å². The van der Waals surface area contributed by atoms with Crippen molar-refractivity contribution < 1.29 is 33.3 Å². The summed E-state index contributed by atoms with van der Waals surface area (Å²) in [5.41, 5.74) is 2.35. The highest BCUT2D eigenvalue weighted by Gasteiger charge is 2.23. The van der Waals surface area contributed by atoms with Gasteiger partial charge >= 0.3 is 17.9 Å². The zero-order chi connectivity index (χ0) is 28.5. The van der Waals surface area contributed by atoms with Gasteiger partial charge in [-0.2, -0.15) is 0 Å². The highest BCUT2D eigenvalue weighted by Crippen LogP contribution is 2.40. The molecule has 0 amide bonds. The second-order valence-corrected chi connectivity index (χ2v) is 10.6. The number of esters is 3. The van der Waals surface area contributed by atoms with E-state index >= 15 is 0 Å². The summed E-state index contributed by atoms with van der Waals surface area (Å²) in [4.78, 5) is 37.6. The van der Waals surface area contributed by atoms with Gasteiger partial charge in [-0.15, -0.1) is 11.8 Å². The van der Waals surface area contributed by atoms with Gasteiger partial charge in [0.1, 0.15) is 17.2 Å². The molecule has 3 aromatic rings. The van der Waals surface area contributed by atoms with Gasteiger partial charge in [-0.1, -0.05) is 18.7 Å². The molecule has 0 bridgehead atoms. The van der Waals surface area contributed by atoms with Crippen LogP contribution in [0.15, 0.2) is 83.8 Å². The maximum absolute atomic E-state index is 12.7. The van der Waals surface area contributed by atoms with Crippen molar-refractivity contribution in [1.29, 1.82) is 0 Å². The van der Waals surface area contributed by atoms with Gasteiger partial charge in [-0.05, 0) is 104 Å². The average Bonchev–Trinajstić information content (AvgIpc) is 3.81. The van der Waals surface area contributed by atoms with Gasteiger partial charge in [0.05, 0.1) is 24.8 Å². The van der Waals surface area contributed by atoms with Crippen molar-refractivity contribution >= 4 is 29.7 Å². The first-order chi connectivity index (χ1) is 19.3. The van der Waals surface area contributed by atoms with Crippen LogP contribution in [0, 0.1) is 0 Å². The Labute approximate surface area is 238 Å². The van der Waals surface area contributed by atoms with Crippen molar-refractivity contribution in [2.45, 2.75) is 43.4 Å². The molecular weight excluding hydrogens is 528 g/mol. The van der Waals surface area contributed by atoms with Gasteiger partial charge in [0.15, 0.2) is 0 Å². The molecule has 4 rings (SSSR count). The maximum atomic E-state index is 12.7. The summed E-state index contributed by atoms with van der Waals surface area (Å²) >= 11 is 1.59. The van der Waals surface area contributed by atoms with Crippen molar-refractivity contribution in [3.8, 4) is 17.2 Å². The third kappa shape index (κ3) is 8.23. The first kappa shape index (κ1) is 29.0. The summed E-state index contributed by atoms with van der Waals surface area (Å²) < 4.78 is 21.5. The normalized spacial score (nSPS) is 12.3. The van der Waals surface area contributed by atoms with Crippen molar-refractivity contribution in [3.63, 3.8) is 0 Å². The van der Waals surface area contributed by atoms with Crippen LogP contribution in [-0.4, -0.2) is 37.4 Å². The molecule has 0 heterocycles. The molecule has 0 radical (unpaired) electrons. The Morgan fingerprint density at radius 3 is 2.05 bits per heavy atom. The van der Waals surface area contributed by atoms with Gasteiger partial charge in [0.25, 0.3) is 0 Å². The minimum Gasteiger partial charge on any atom is -0.496 e. The van der Waals surface area contributed by atoms with E-state index in [0.29, 0.717) is 46.5 Å². The van der Waals surface area contributed by atoms with Crippen molar-refractivity contribution in [2.24, 2.45) is 0 Å². The number of ether oxygens (including phenoxy) is 4. The zero-order valence-corrected chi connectivity index (χ0v) is 23.5. The fourth-order valence-electron chi connectivity index (χ4n) is 3.80. The Hall–Kier alpha value is -4.04. The largest absolute Gasteiger partial charge is 0.496 e. The highest BCUT2D eigenvalue weighted by atomic mass is 32.2. The lowest BCUT2D eigenvalue weighted by Crippen LogP contribution is -2.10. The van der Waals surface area contributed by atoms with Gasteiger partial charge in [0, 0.05) is 10.5 Å². The molecule has 1 aliphatic carbocycles. The van der Waals surface area contributed by atoms with Crippen molar-refractivity contribution in [1.82, 2.24) is 0 Å². The fourth-order valence-corrected chi connectivity index (χ4v) is 4.82. The molecule has 3 aromatic carbocycles. The third-order valence-corrected chi connectivity index (χ3v) is 7.36. The molecule has 0 aromatic heterocycles. The Kier molecular flexibility index (Phi) is 10.0. The molecule has 0 aliphatic heterocycles. The maximum Gasteiger partial charge on any atom is 0.343 e.